The van der Waals surface area contributed by atoms with Crippen molar-refractivity contribution in [2.45, 2.75) is 59.2 Å². The SMILES string of the molecule is CCOc1cccc(C(C)NC(=O)C2Cc3ccccc3CN2C(=O)CC(C)C)c1. The second-order valence-electron chi connectivity index (χ2n) is 8.34. The Hall–Kier alpha value is -2.82. The van der Waals surface area contributed by atoms with E-state index in [1.54, 1.807) is 4.90 Å². The van der Waals surface area contributed by atoms with Gasteiger partial charge in [0.1, 0.15) is 11.8 Å². The molecule has 5 nitrogen and oxygen atoms in total. The molecule has 0 aliphatic carbocycles. The minimum absolute atomic E-state index is 0.0330. The minimum Gasteiger partial charge on any atom is -0.494 e. The van der Waals surface area contributed by atoms with E-state index in [0.717, 1.165) is 22.4 Å². The lowest BCUT2D eigenvalue weighted by molar-refractivity contribution is -0.142. The summed E-state index contributed by atoms with van der Waals surface area (Å²) >= 11 is 0. The molecule has 0 saturated heterocycles. The molecule has 30 heavy (non-hydrogen) atoms. The standard InChI is InChI=1S/C25H32N2O3/c1-5-30-22-12-8-11-19(14-22)18(4)26-25(29)23-15-20-9-6-7-10-21(20)16-27(23)24(28)13-17(2)3/h6-12,14,17-18,23H,5,13,15-16H2,1-4H3,(H,26,29). The lowest BCUT2D eigenvalue weighted by Gasteiger charge is -2.37. The van der Waals surface area contributed by atoms with Crippen LogP contribution in [0.4, 0.5) is 0 Å². The largest absolute Gasteiger partial charge is 0.494 e. The van der Waals surface area contributed by atoms with Crippen molar-refractivity contribution >= 4 is 11.8 Å². The van der Waals surface area contributed by atoms with Crippen LogP contribution in [0, 0.1) is 5.92 Å². The van der Waals surface area contributed by atoms with Crippen LogP contribution in [0.5, 0.6) is 5.75 Å². The van der Waals surface area contributed by atoms with Gasteiger partial charge >= 0.3 is 0 Å². The fourth-order valence-corrected chi connectivity index (χ4v) is 3.92. The maximum atomic E-state index is 13.3. The van der Waals surface area contributed by atoms with Gasteiger partial charge in [-0.1, -0.05) is 50.2 Å². The highest BCUT2D eigenvalue weighted by atomic mass is 16.5. The van der Waals surface area contributed by atoms with Crippen molar-refractivity contribution in [1.29, 1.82) is 0 Å². The first-order valence-corrected chi connectivity index (χ1v) is 10.8. The Morgan fingerprint density at radius 2 is 1.83 bits per heavy atom. The third kappa shape index (κ3) is 5.21. The van der Waals surface area contributed by atoms with Gasteiger partial charge in [0.05, 0.1) is 12.6 Å². The molecule has 0 aromatic heterocycles. The van der Waals surface area contributed by atoms with Crippen molar-refractivity contribution in [3.05, 3.63) is 65.2 Å². The molecule has 2 atom stereocenters. The number of nitrogens with zero attached hydrogens (tertiary/aromatic N) is 1. The van der Waals surface area contributed by atoms with Crippen LogP contribution >= 0.6 is 0 Å². The first-order valence-electron chi connectivity index (χ1n) is 10.8. The number of ether oxygens (including phenoxy) is 1. The van der Waals surface area contributed by atoms with Gasteiger partial charge in [0.15, 0.2) is 0 Å². The monoisotopic (exact) mass is 408 g/mol. The first kappa shape index (κ1) is 21.9. The zero-order chi connectivity index (χ0) is 21.7. The van der Waals surface area contributed by atoms with Crippen LogP contribution in [0.1, 0.15) is 56.8 Å². The number of hydrogen-bond acceptors (Lipinski definition) is 3. The van der Waals surface area contributed by atoms with Crippen molar-refractivity contribution in [3.8, 4) is 5.75 Å². The lowest BCUT2D eigenvalue weighted by Crippen LogP contribution is -2.53. The zero-order valence-corrected chi connectivity index (χ0v) is 18.4. The van der Waals surface area contributed by atoms with Gasteiger partial charge in [0, 0.05) is 19.4 Å². The second kappa shape index (κ2) is 9.79. The molecular formula is C25H32N2O3. The molecule has 0 spiro atoms. The Kier molecular flexibility index (Phi) is 7.14. The lowest BCUT2D eigenvalue weighted by atomic mass is 9.92. The Balaban J connectivity index is 1.79. The van der Waals surface area contributed by atoms with Gasteiger partial charge < -0.3 is 15.0 Å². The van der Waals surface area contributed by atoms with E-state index in [2.05, 4.69) is 11.4 Å². The number of benzene rings is 2. The topological polar surface area (TPSA) is 58.6 Å². The average molecular weight is 409 g/mol. The zero-order valence-electron chi connectivity index (χ0n) is 18.4. The van der Waals surface area contributed by atoms with Gasteiger partial charge in [-0.25, -0.2) is 0 Å². The minimum atomic E-state index is -0.497. The number of carbonyl (C=O) groups excluding carboxylic acids is 2. The molecule has 2 unspecified atom stereocenters. The predicted octanol–water partition coefficient (Wildman–Crippen LogP) is 4.26. The Labute approximate surface area is 179 Å². The van der Waals surface area contributed by atoms with E-state index in [1.807, 2.05) is 70.2 Å². The van der Waals surface area contributed by atoms with Crippen LogP contribution in [0.15, 0.2) is 48.5 Å². The first-order chi connectivity index (χ1) is 14.4. The Bertz CT molecular complexity index is 893. The van der Waals surface area contributed by atoms with Crippen LogP contribution in [-0.2, 0) is 22.6 Å². The molecule has 1 heterocycles. The van der Waals surface area contributed by atoms with Gasteiger partial charge in [-0.05, 0) is 48.6 Å². The second-order valence-corrected chi connectivity index (χ2v) is 8.34. The molecule has 2 amide bonds. The normalized spacial score (nSPS) is 16.7. The molecule has 1 aliphatic rings. The molecule has 1 N–H and O–H groups in total. The summed E-state index contributed by atoms with van der Waals surface area (Å²) in [6, 6.07) is 15.2. The summed E-state index contributed by atoms with van der Waals surface area (Å²) in [6.07, 6.45) is 0.982. The highest BCUT2D eigenvalue weighted by Gasteiger charge is 2.35. The van der Waals surface area contributed by atoms with E-state index in [4.69, 9.17) is 4.74 Å². The molecule has 2 aromatic rings. The summed E-state index contributed by atoms with van der Waals surface area (Å²) in [5.41, 5.74) is 3.24. The predicted molar refractivity (Wildman–Crippen MR) is 118 cm³/mol. The van der Waals surface area contributed by atoms with Crippen molar-refractivity contribution in [2.24, 2.45) is 5.92 Å². The molecule has 5 heteroatoms. The highest BCUT2D eigenvalue weighted by Crippen LogP contribution is 2.26. The molecule has 2 aromatic carbocycles. The third-order valence-electron chi connectivity index (χ3n) is 5.48. The molecule has 3 rings (SSSR count). The molecule has 0 saturated carbocycles. The Morgan fingerprint density at radius 3 is 2.53 bits per heavy atom. The van der Waals surface area contributed by atoms with Crippen LogP contribution < -0.4 is 10.1 Å². The Morgan fingerprint density at radius 1 is 1.10 bits per heavy atom. The number of amides is 2. The van der Waals surface area contributed by atoms with Gasteiger partial charge in [-0.15, -0.1) is 0 Å². The van der Waals surface area contributed by atoms with Crippen LogP contribution in [0.25, 0.3) is 0 Å². The molecule has 160 valence electrons. The molecular weight excluding hydrogens is 376 g/mol. The van der Waals surface area contributed by atoms with Crippen molar-refractivity contribution < 1.29 is 14.3 Å². The van der Waals surface area contributed by atoms with Gasteiger partial charge in [-0.3, -0.25) is 9.59 Å². The van der Waals surface area contributed by atoms with E-state index in [1.165, 1.54) is 0 Å². The summed E-state index contributed by atoms with van der Waals surface area (Å²) in [5, 5.41) is 3.12. The molecule has 0 bridgehead atoms. The fourth-order valence-electron chi connectivity index (χ4n) is 3.92. The van der Waals surface area contributed by atoms with Crippen molar-refractivity contribution in [3.63, 3.8) is 0 Å². The van der Waals surface area contributed by atoms with Gasteiger partial charge in [0.25, 0.3) is 0 Å². The number of nitrogens with one attached hydrogen (secondary N) is 1. The van der Waals surface area contributed by atoms with E-state index in [0.29, 0.717) is 26.0 Å². The van der Waals surface area contributed by atoms with Gasteiger partial charge in [0.2, 0.25) is 11.8 Å². The number of carbonyl (C=O) groups is 2. The van der Waals surface area contributed by atoms with Crippen LogP contribution in [-0.4, -0.2) is 29.4 Å². The summed E-state index contributed by atoms with van der Waals surface area (Å²) < 4.78 is 5.58. The van der Waals surface area contributed by atoms with Crippen LogP contribution in [0.3, 0.4) is 0 Å². The van der Waals surface area contributed by atoms with Crippen LogP contribution in [0.2, 0.25) is 0 Å². The van der Waals surface area contributed by atoms with Gasteiger partial charge in [-0.2, -0.15) is 0 Å². The number of hydrogen-bond donors (Lipinski definition) is 1. The molecule has 1 aliphatic heterocycles. The maximum absolute atomic E-state index is 13.3. The van der Waals surface area contributed by atoms with Crippen molar-refractivity contribution in [1.82, 2.24) is 10.2 Å². The smallest absolute Gasteiger partial charge is 0.243 e. The molecule has 0 radical (unpaired) electrons. The quantitative estimate of drug-likeness (QED) is 0.745. The highest BCUT2D eigenvalue weighted by molar-refractivity contribution is 5.88. The maximum Gasteiger partial charge on any atom is 0.243 e. The third-order valence-corrected chi connectivity index (χ3v) is 5.48. The van der Waals surface area contributed by atoms with E-state index >= 15 is 0 Å². The number of fused-ring (bicyclic) bond motifs is 1. The van der Waals surface area contributed by atoms with E-state index < -0.39 is 6.04 Å². The summed E-state index contributed by atoms with van der Waals surface area (Å²) in [4.78, 5) is 28.0. The van der Waals surface area contributed by atoms with E-state index in [9.17, 15) is 9.59 Å². The van der Waals surface area contributed by atoms with E-state index in [-0.39, 0.29) is 23.8 Å². The summed E-state index contributed by atoms with van der Waals surface area (Å²) in [7, 11) is 0. The fraction of sp³-hybridized carbons (Fsp3) is 0.440. The summed E-state index contributed by atoms with van der Waals surface area (Å²) in [6.45, 7) is 9.03. The molecule has 0 fully saturated rings. The summed E-state index contributed by atoms with van der Waals surface area (Å²) in [5.74, 6) is 0.955. The average Bonchev–Trinajstić information content (AvgIpc) is 2.72. The van der Waals surface area contributed by atoms with Crippen molar-refractivity contribution in [2.75, 3.05) is 6.61 Å². The number of rotatable bonds is 7.